The molecule has 0 aromatic heterocycles. The fourth-order valence-corrected chi connectivity index (χ4v) is 4.30. The third-order valence-corrected chi connectivity index (χ3v) is 6.02. The largest absolute Gasteiger partial charge is 0.399 e. The van der Waals surface area contributed by atoms with Crippen LogP contribution in [0.15, 0.2) is 121 Å². The smallest absolute Gasteiger partial charge is 0.0467 e. The van der Waals surface area contributed by atoms with E-state index in [-0.39, 0.29) is 0 Å². The van der Waals surface area contributed by atoms with Gasteiger partial charge in [-0.25, -0.2) is 0 Å². The van der Waals surface area contributed by atoms with Gasteiger partial charge in [-0.05, 0) is 70.6 Å². The second kappa shape index (κ2) is 9.05. The minimum atomic E-state index is 0.778. The summed E-state index contributed by atoms with van der Waals surface area (Å²) in [5, 5.41) is 3.66. The van der Waals surface area contributed by atoms with Gasteiger partial charge >= 0.3 is 0 Å². The molecule has 2 heteroatoms. The van der Waals surface area contributed by atoms with E-state index in [2.05, 4.69) is 121 Å². The molecule has 0 aliphatic heterocycles. The Morgan fingerprint density at radius 1 is 0.515 bits per heavy atom. The van der Waals surface area contributed by atoms with E-state index in [1.54, 1.807) is 0 Å². The van der Waals surface area contributed by atoms with Gasteiger partial charge in [0, 0.05) is 22.6 Å². The predicted octanol–water partition coefficient (Wildman–Crippen LogP) is 8.32. The Morgan fingerprint density at radius 2 is 1.06 bits per heavy atom. The Hall–Kier alpha value is -4.30. The van der Waals surface area contributed by atoms with E-state index in [0.29, 0.717) is 0 Å². The molecule has 0 fully saturated rings. The average molecular weight is 427 g/mol. The molecule has 0 heterocycles. The minimum Gasteiger partial charge on any atom is -0.399 e. The van der Waals surface area contributed by atoms with Crippen molar-refractivity contribution in [3.63, 3.8) is 0 Å². The highest BCUT2D eigenvalue weighted by Gasteiger charge is 2.13. The van der Waals surface area contributed by atoms with Crippen molar-refractivity contribution < 1.29 is 0 Å². The lowest BCUT2D eigenvalue weighted by atomic mass is 9.91. The molecular weight excluding hydrogens is 400 g/mol. The van der Waals surface area contributed by atoms with Gasteiger partial charge in [-0.3, -0.25) is 0 Å². The summed E-state index contributed by atoms with van der Waals surface area (Å²) in [6.45, 7) is 2.21. The second-order valence-electron chi connectivity index (χ2n) is 8.22. The summed E-state index contributed by atoms with van der Waals surface area (Å²) in [6, 6.07) is 42.1. The Kier molecular flexibility index (Phi) is 5.65. The van der Waals surface area contributed by atoms with Crippen molar-refractivity contribution in [1.82, 2.24) is 0 Å². The summed E-state index contributed by atoms with van der Waals surface area (Å²) in [7, 11) is 0. The molecule has 3 N–H and O–H groups in total. The maximum absolute atomic E-state index is 5.83. The van der Waals surface area contributed by atoms with Gasteiger partial charge in [-0.2, -0.15) is 0 Å². The van der Waals surface area contributed by atoms with Gasteiger partial charge in [0.25, 0.3) is 0 Å². The first kappa shape index (κ1) is 20.6. The molecule has 0 aliphatic carbocycles. The van der Waals surface area contributed by atoms with Crippen molar-refractivity contribution in [3.05, 3.63) is 127 Å². The maximum atomic E-state index is 5.83. The number of nitrogens with one attached hydrogen (secondary N) is 1. The molecule has 0 saturated heterocycles. The van der Waals surface area contributed by atoms with Crippen LogP contribution < -0.4 is 11.1 Å². The van der Waals surface area contributed by atoms with Crippen LogP contribution >= 0.6 is 0 Å². The summed E-state index contributed by atoms with van der Waals surface area (Å²) in [4.78, 5) is 0. The van der Waals surface area contributed by atoms with Crippen molar-refractivity contribution in [3.8, 4) is 33.4 Å². The number of hydrogen-bond acceptors (Lipinski definition) is 2. The molecule has 0 unspecified atom stereocenters. The third kappa shape index (κ3) is 4.37. The topological polar surface area (TPSA) is 38.0 Å². The number of nitrogens with two attached hydrogens (primary N) is 1. The standard InChI is InChI=1S/C31H26N2/c1-22-29(25-8-4-2-5-9-25)20-21-30(31(22)26-10-6-3-7-11-26)33-28-18-14-24(15-19-28)23-12-16-27(32)17-13-23/h2-21,33H,32H2,1H3. The zero-order chi connectivity index (χ0) is 22.6. The van der Waals surface area contributed by atoms with Crippen molar-refractivity contribution in [2.45, 2.75) is 6.92 Å². The van der Waals surface area contributed by atoms with Gasteiger partial charge in [0.05, 0.1) is 0 Å². The van der Waals surface area contributed by atoms with Crippen molar-refractivity contribution in [2.75, 3.05) is 11.1 Å². The highest BCUT2D eigenvalue weighted by Crippen LogP contribution is 2.39. The molecule has 0 atom stereocenters. The third-order valence-electron chi connectivity index (χ3n) is 6.02. The van der Waals surface area contributed by atoms with E-state index in [0.717, 1.165) is 22.6 Å². The number of benzene rings is 5. The van der Waals surface area contributed by atoms with Crippen molar-refractivity contribution in [2.24, 2.45) is 0 Å². The first-order chi connectivity index (χ1) is 16.2. The van der Waals surface area contributed by atoms with E-state index in [1.165, 1.54) is 33.4 Å². The first-order valence-electron chi connectivity index (χ1n) is 11.2. The average Bonchev–Trinajstić information content (AvgIpc) is 2.86. The lowest BCUT2D eigenvalue weighted by Gasteiger charge is -2.19. The Labute approximate surface area is 195 Å². The normalized spacial score (nSPS) is 10.7. The van der Waals surface area contributed by atoms with Gasteiger partial charge in [0.1, 0.15) is 0 Å². The lowest BCUT2D eigenvalue weighted by molar-refractivity contribution is 1.43. The second-order valence-corrected chi connectivity index (χ2v) is 8.22. The fraction of sp³-hybridized carbons (Fsp3) is 0.0323. The summed E-state index contributed by atoms with van der Waals surface area (Å²) in [6.07, 6.45) is 0. The van der Waals surface area contributed by atoms with Crippen LogP contribution in [-0.4, -0.2) is 0 Å². The van der Waals surface area contributed by atoms with Gasteiger partial charge in [-0.1, -0.05) is 91.0 Å². The number of nitrogen functional groups attached to an aromatic ring is 1. The molecular formula is C31H26N2. The summed E-state index contributed by atoms with van der Waals surface area (Å²) in [5.74, 6) is 0. The van der Waals surface area contributed by atoms with Crippen molar-refractivity contribution in [1.29, 1.82) is 0 Å². The van der Waals surface area contributed by atoms with Crippen LogP contribution in [0.2, 0.25) is 0 Å². The van der Waals surface area contributed by atoms with Crippen LogP contribution in [0.3, 0.4) is 0 Å². The van der Waals surface area contributed by atoms with Crippen molar-refractivity contribution >= 4 is 17.1 Å². The Balaban J connectivity index is 1.52. The molecule has 0 spiro atoms. The molecule has 0 radical (unpaired) electrons. The van der Waals surface area contributed by atoms with Gasteiger partial charge in [0.2, 0.25) is 0 Å². The van der Waals surface area contributed by atoms with Crippen LogP contribution in [0.25, 0.3) is 33.4 Å². The summed E-state index contributed by atoms with van der Waals surface area (Å²) in [5.41, 5.74) is 17.2. The van der Waals surface area contributed by atoms with E-state index in [1.807, 2.05) is 12.1 Å². The Bertz CT molecular complexity index is 1360. The number of hydrogen-bond donors (Lipinski definition) is 2. The lowest BCUT2D eigenvalue weighted by Crippen LogP contribution is -1.97. The monoisotopic (exact) mass is 426 g/mol. The van der Waals surface area contributed by atoms with Gasteiger partial charge in [-0.15, -0.1) is 0 Å². The number of rotatable bonds is 5. The zero-order valence-electron chi connectivity index (χ0n) is 18.6. The summed E-state index contributed by atoms with van der Waals surface area (Å²) >= 11 is 0. The maximum Gasteiger partial charge on any atom is 0.0467 e. The zero-order valence-corrected chi connectivity index (χ0v) is 18.6. The van der Waals surface area contributed by atoms with Gasteiger partial charge < -0.3 is 11.1 Å². The molecule has 0 amide bonds. The summed E-state index contributed by atoms with van der Waals surface area (Å²) < 4.78 is 0. The highest BCUT2D eigenvalue weighted by atomic mass is 14.9. The number of anilines is 3. The molecule has 5 aromatic rings. The Morgan fingerprint density at radius 3 is 1.67 bits per heavy atom. The van der Waals surface area contributed by atoms with Crippen LogP contribution in [0, 0.1) is 6.92 Å². The highest BCUT2D eigenvalue weighted by molar-refractivity contribution is 5.89. The van der Waals surface area contributed by atoms with Crippen LogP contribution in [0.1, 0.15) is 5.56 Å². The SMILES string of the molecule is Cc1c(-c2ccccc2)ccc(Nc2ccc(-c3ccc(N)cc3)cc2)c1-c1ccccc1. The molecule has 0 aliphatic rings. The minimum absolute atomic E-state index is 0.778. The molecule has 33 heavy (non-hydrogen) atoms. The molecule has 5 aromatic carbocycles. The van der Waals surface area contributed by atoms with E-state index in [4.69, 9.17) is 5.73 Å². The molecule has 0 saturated carbocycles. The molecule has 160 valence electrons. The molecule has 2 nitrogen and oxygen atoms in total. The van der Waals surface area contributed by atoms with Crippen LogP contribution in [0.4, 0.5) is 17.1 Å². The van der Waals surface area contributed by atoms with Crippen LogP contribution in [0.5, 0.6) is 0 Å². The molecule has 0 bridgehead atoms. The van der Waals surface area contributed by atoms with E-state index >= 15 is 0 Å². The molecule has 5 rings (SSSR count). The fourth-order valence-electron chi connectivity index (χ4n) is 4.30. The quantitative estimate of drug-likeness (QED) is 0.277. The van der Waals surface area contributed by atoms with E-state index < -0.39 is 0 Å². The van der Waals surface area contributed by atoms with E-state index in [9.17, 15) is 0 Å². The first-order valence-corrected chi connectivity index (χ1v) is 11.2. The van der Waals surface area contributed by atoms with Crippen LogP contribution in [-0.2, 0) is 0 Å². The van der Waals surface area contributed by atoms with Gasteiger partial charge in [0.15, 0.2) is 0 Å². The predicted molar refractivity (Wildman–Crippen MR) is 142 cm³/mol.